The van der Waals surface area contributed by atoms with Crippen LogP contribution in [0.4, 0.5) is 0 Å². The van der Waals surface area contributed by atoms with Crippen molar-refractivity contribution in [2.45, 2.75) is 19.9 Å². The van der Waals surface area contributed by atoms with Gasteiger partial charge < -0.3 is 5.73 Å². The number of rotatable bonds is 1. The summed E-state index contributed by atoms with van der Waals surface area (Å²) in [6.45, 7) is 7.07. The van der Waals surface area contributed by atoms with Crippen LogP contribution in [0, 0.1) is 0 Å². The Labute approximate surface area is 49.3 Å². The Bertz CT molecular complexity index is 104. The third kappa shape index (κ3) is 3.33. The number of guanidine groups is 1. The average Bonchev–Trinajstić information content (AvgIpc) is 1.65. The van der Waals surface area contributed by atoms with Gasteiger partial charge in [0.15, 0.2) is 0 Å². The van der Waals surface area contributed by atoms with E-state index < -0.39 is 0 Å². The van der Waals surface area contributed by atoms with Crippen LogP contribution in [0.1, 0.15) is 13.8 Å². The Hall–Kier alpha value is -0.860. The van der Waals surface area contributed by atoms with Crippen LogP contribution < -0.4 is 5.73 Å². The lowest BCUT2D eigenvalue weighted by Gasteiger charge is -1.93. The molecule has 0 aliphatic heterocycles. The molecule has 0 aromatic heterocycles. The summed E-state index contributed by atoms with van der Waals surface area (Å²) in [5.41, 5.74) is 5.19. The highest BCUT2D eigenvalue weighted by Crippen LogP contribution is 1.84. The molecule has 3 nitrogen and oxygen atoms in total. The van der Waals surface area contributed by atoms with Crippen LogP contribution in [-0.2, 0) is 0 Å². The molecule has 0 radical (unpaired) electrons. The van der Waals surface area contributed by atoms with Gasteiger partial charge in [0, 0.05) is 6.04 Å². The van der Waals surface area contributed by atoms with Crippen LogP contribution in [0.2, 0.25) is 0 Å². The first kappa shape index (κ1) is 7.14. The second-order valence-corrected chi connectivity index (χ2v) is 1.74. The van der Waals surface area contributed by atoms with Gasteiger partial charge in [-0.2, -0.15) is 0 Å². The van der Waals surface area contributed by atoms with E-state index in [1.54, 1.807) is 0 Å². The monoisotopic (exact) mass is 113 g/mol. The predicted molar refractivity (Wildman–Crippen MR) is 36.3 cm³/mol. The van der Waals surface area contributed by atoms with E-state index >= 15 is 0 Å². The van der Waals surface area contributed by atoms with Crippen LogP contribution >= 0.6 is 0 Å². The summed E-state index contributed by atoms with van der Waals surface area (Å²) in [6, 6.07) is 0.209. The molecule has 46 valence electrons. The van der Waals surface area contributed by atoms with Gasteiger partial charge in [0.2, 0.25) is 5.96 Å². The molecule has 2 N–H and O–H groups in total. The Balaban J connectivity index is 3.74. The molecule has 0 rings (SSSR count). The van der Waals surface area contributed by atoms with E-state index in [0.717, 1.165) is 0 Å². The molecule has 0 aliphatic carbocycles. The quantitative estimate of drug-likeness (QED) is 0.388. The highest BCUT2D eigenvalue weighted by molar-refractivity contribution is 5.82. The van der Waals surface area contributed by atoms with E-state index in [2.05, 4.69) is 16.7 Å². The fourth-order valence-electron chi connectivity index (χ4n) is 0.305. The van der Waals surface area contributed by atoms with Crippen LogP contribution in [0.5, 0.6) is 0 Å². The maximum Gasteiger partial charge on any atom is 0.214 e. The Morgan fingerprint density at radius 1 is 1.62 bits per heavy atom. The minimum Gasteiger partial charge on any atom is -0.368 e. The predicted octanol–water partition coefficient (Wildman–Crippen LogP) is 0.410. The smallest absolute Gasteiger partial charge is 0.214 e. The molecule has 0 aromatic rings. The molecule has 0 amide bonds. The summed E-state index contributed by atoms with van der Waals surface area (Å²) in [4.78, 5) is 7.27. The molecule has 0 unspecified atom stereocenters. The molecule has 0 aromatic carbocycles. The van der Waals surface area contributed by atoms with Crippen molar-refractivity contribution >= 4 is 12.7 Å². The molecule has 8 heavy (non-hydrogen) atoms. The maximum absolute atomic E-state index is 5.19. The minimum absolute atomic E-state index is 0.209. The topological polar surface area (TPSA) is 50.7 Å². The third-order valence-electron chi connectivity index (χ3n) is 0.552. The molecular formula is C5H11N3. The second kappa shape index (κ2) is 3.18. The van der Waals surface area contributed by atoms with Gasteiger partial charge in [-0.15, -0.1) is 0 Å². The van der Waals surface area contributed by atoms with Crippen molar-refractivity contribution in [2.75, 3.05) is 0 Å². The zero-order chi connectivity index (χ0) is 6.57. The van der Waals surface area contributed by atoms with Crippen LogP contribution in [-0.4, -0.2) is 18.7 Å². The van der Waals surface area contributed by atoms with Gasteiger partial charge in [-0.05, 0) is 20.6 Å². The standard InChI is InChI=1S/C5H11N3/c1-4(2)8-5(6)7-3/h4H,3H2,1-2H3,(H2,6,8). The number of hydrogen-bond acceptors (Lipinski definition) is 1. The van der Waals surface area contributed by atoms with Crippen LogP contribution in [0.25, 0.3) is 0 Å². The average molecular weight is 113 g/mol. The zero-order valence-electron chi connectivity index (χ0n) is 5.26. The molecule has 0 fully saturated rings. The van der Waals surface area contributed by atoms with E-state index in [0.29, 0.717) is 0 Å². The van der Waals surface area contributed by atoms with Gasteiger partial charge in [0.1, 0.15) is 0 Å². The normalized spacial score (nSPS) is 12.1. The van der Waals surface area contributed by atoms with E-state index in [-0.39, 0.29) is 12.0 Å². The van der Waals surface area contributed by atoms with E-state index in [4.69, 9.17) is 5.73 Å². The van der Waals surface area contributed by atoms with E-state index in [9.17, 15) is 0 Å². The number of nitrogens with zero attached hydrogens (tertiary/aromatic N) is 2. The lowest BCUT2D eigenvalue weighted by atomic mass is 10.4. The van der Waals surface area contributed by atoms with Crippen LogP contribution in [0.3, 0.4) is 0 Å². The molecule has 0 heterocycles. The molecule has 0 atom stereocenters. The van der Waals surface area contributed by atoms with E-state index in [1.165, 1.54) is 0 Å². The fraction of sp³-hybridized carbons (Fsp3) is 0.600. The molecule has 0 bridgehead atoms. The summed E-state index contributed by atoms with van der Waals surface area (Å²) in [6.07, 6.45) is 0. The Morgan fingerprint density at radius 2 is 2.12 bits per heavy atom. The summed E-state index contributed by atoms with van der Waals surface area (Å²) in [5, 5.41) is 0. The molecule has 3 heteroatoms. The van der Waals surface area contributed by atoms with Crippen molar-refractivity contribution < 1.29 is 0 Å². The number of aliphatic imine (C=N–C) groups is 2. The van der Waals surface area contributed by atoms with Gasteiger partial charge in [-0.1, -0.05) is 0 Å². The first-order chi connectivity index (χ1) is 3.66. The fourth-order valence-corrected chi connectivity index (χ4v) is 0.305. The van der Waals surface area contributed by atoms with Crippen molar-refractivity contribution in [3.05, 3.63) is 0 Å². The Morgan fingerprint density at radius 3 is 2.25 bits per heavy atom. The summed E-state index contributed by atoms with van der Waals surface area (Å²) < 4.78 is 0. The van der Waals surface area contributed by atoms with Gasteiger partial charge in [-0.25, -0.2) is 9.98 Å². The molecule has 0 saturated heterocycles. The molecule has 0 aliphatic rings. The van der Waals surface area contributed by atoms with Crippen molar-refractivity contribution in [2.24, 2.45) is 15.7 Å². The highest BCUT2D eigenvalue weighted by atomic mass is 15.0. The number of nitrogens with two attached hydrogens (primary N) is 1. The van der Waals surface area contributed by atoms with E-state index in [1.807, 2.05) is 13.8 Å². The SMILES string of the molecule is C=NC(N)=NC(C)C. The lowest BCUT2D eigenvalue weighted by Crippen LogP contribution is -2.10. The number of hydrogen-bond donors (Lipinski definition) is 1. The van der Waals surface area contributed by atoms with Crippen LogP contribution in [0.15, 0.2) is 9.98 Å². The maximum atomic E-state index is 5.19. The lowest BCUT2D eigenvalue weighted by molar-refractivity contribution is 0.832. The van der Waals surface area contributed by atoms with Crippen molar-refractivity contribution in [3.8, 4) is 0 Å². The molecule has 0 spiro atoms. The van der Waals surface area contributed by atoms with Crippen molar-refractivity contribution in [1.82, 2.24) is 0 Å². The first-order valence-electron chi connectivity index (χ1n) is 2.47. The Kier molecular flexibility index (Phi) is 2.84. The third-order valence-corrected chi connectivity index (χ3v) is 0.552. The van der Waals surface area contributed by atoms with Crippen molar-refractivity contribution in [1.29, 1.82) is 0 Å². The molecular weight excluding hydrogens is 102 g/mol. The molecule has 0 saturated carbocycles. The first-order valence-corrected chi connectivity index (χ1v) is 2.47. The van der Waals surface area contributed by atoms with Gasteiger partial charge in [0.05, 0.1) is 0 Å². The zero-order valence-corrected chi connectivity index (χ0v) is 5.26. The minimum atomic E-state index is 0.209. The van der Waals surface area contributed by atoms with Gasteiger partial charge in [0.25, 0.3) is 0 Å². The largest absolute Gasteiger partial charge is 0.368 e. The summed E-state index contributed by atoms with van der Waals surface area (Å²) >= 11 is 0. The van der Waals surface area contributed by atoms with Gasteiger partial charge in [-0.3, -0.25) is 0 Å². The summed E-state index contributed by atoms with van der Waals surface area (Å²) in [7, 11) is 0. The summed E-state index contributed by atoms with van der Waals surface area (Å²) in [5.74, 6) is 0.264. The highest BCUT2D eigenvalue weighted by Gasteiger charge is 1.86. The second-order valence-electron chi connectivity index (χ2n) is 1.74. The van der Waals surface area contributed by atoms with Crippen molar-refractivity contribution in [3.63, 3.8) is 0 Å². The van der Waals surface area contributed by atoms with Gasteiger partial charge >= 0.3 is 0 Å².